The van der Waals surface area contributed by atoms with Gasteiger partial charge in [0.1, 0.15) is 0 Å². The quantitative estimate of drug-likeness (QED) is 0.696. The summed E-state index contributed by atoms with van der Waals surface area (Å²) in [4.78, 5) is 4.26. The SMILES string of the molecule is Nc1ccc2nc(-n3cc(C(F)(F)F)cn3)ccc2c1. The lowest BCUT2D eigenvalue weighted by atomic mass is 10.2. The number of alkyl halides is 3. The fourth-order valence-electron chi connectivity index (χ4n) is 1.86. The zero-order valence-electron chi connectivity index (χ0n) is 10.1. The first-order valence-corrected chi connectivity index (χ1v) is 5.72. The fourth-order valence-corrected chi connectivity index (χ4v) is 1.86. The van der Waals surface area contributed by atoms with Crippen LogP contribution in [0.4, 0.5) is 18.9 Å². The molecule has 7 heteroatoms. The molecule has 0 fully saturated rings. The molecule has 4 nitrogen and oxygen atoms in total. The predicted octanol–water partition coefficient (Wildman–Crippen LogP) is 3.02. The van der Waals surface area contributed by atoms with Crippen molar-refractivity contribution in [2.24, 2.45) is 0 Å². The van der Waals surface area contributed by atoms with Crippen molar-refractivity contribution >= 4 is 16.6 Å². The first kappa shape index (κ1) is 12.5. The summed E-state index contributed by atoms with van der Waals surface area (Å²) in [6.07, 6.45) is -2.73. The number of hydrogen-bond donors (Lipinski definition) is 1. The number of nitrogens with two attached hydrogens (primary N) is 1. The van der Waals surface area contributed by atoms with Crippen LogP contribution < -0.4 is 5.73 Å². The van der Waals surface area contributed by atoms with Gasteiger partial charge in [0.2, 0.25) is 0 Å². The Hall–Kier alpha value is -2.57. The topological polar surface area (TPSA) is 56.7 Å². The summed E-state index contributed by atoms with van der Waals surface area (Å²) in [6.45, 7) is 0. The Morgan fingerprint density at radius 1 is 1.10 bits per heavy atom. The van der Waals surface area contributed by atoms with Crippen LogP contribution in [0.15, 0.2) is 42.7 Å². The second-order valence-corrected chi connectivity index (χ2v) is 4.29. The molecule has 0 aliphatic heterocycles. The third-order valence-electron chi connectivity index (χ3n) is 2.84. The zero-order valence-corrected chi connectivity index (χ0v) is 10.1. The van der Waals surface area contributed by atoms with Crippen LogP contribution in [0.25, 0.3) is 16.7 Å². The van der Waals surface area contributed by atoms with E-state index in [1.165, 1.54) is 0 Å². The highest BCUT2D eigenvalue weighted by Gasteiger charge is 2.32. The lowest BCUT2D eigenvalue weighted by Gasteiger charge is -2.04. The second kappa shape index (κ2) is 4.22. The molecule has 2 aromatic heterocycles. The first-order chi connectivity index (χ1) is 9.43. The maximum absolute atomic E-state index is 12.5. The molecule has 2 N–H and O–H groups in total. The second-order valence-electron chi connectivity index (χ2n) is 4.29. The van der Waals surface area contributed by atoms with Crippen molar-refractivity contribution in [1.82, 2.24) is 14.8 Å². The molecule has 0 saturated carbocycles. The number of rotatable bonds is 1. The Balaban J connectivity index is 2.06. The highest BCUT2D eigenvalue weighted by molar-refractivity contribution is 5.82. The maximum Gasteiger partial charge on any atom is 0.419 e. The Morgan fingerprint density at radius 3 is 2.60 bits per heavy atom. The summed E-state index contributed by atoms with van der Waals surface area (Å²) >= 11 is 0. The lowest BCUT2D eigenvalue weighted by molar-refractivity contribution is -0.137. The number of fused-ring (bicyclic) bond motifs is 1. The Kier molecular flexibility index (Phi) is 2.63. The molecule has 1 aromatic carbocycles. The van der Waals surface area contributed by atoms with E-state index >= 15 is 0 Å². The number of nitrogen functional groups attached to an aromatic ring is 1. The van der Waals surface area contributed by atoms with Crippen LogP contribution in [0, 0.1) is 0 Å². The van der Waals surface area contributed by atoms with Crippen LogP contribution in [0.5, 0.6) is 0 Å². The van der Waals surface area contributed by atoms with Gasteiger partial charge in [-0.1, -0.05) is 0 Å². The van der Waals surface area contributed by atoms with E-state index in [4.69, 9.17) is 5.73 Å². The van der Waals surface area contributed by atoms with Crippen LogP contribution >= 0.6 is 0 Å². The molecule has 102 valence electrons. The van der Waals surface area contributed by atoms with Crippen molar-refractivity contribution in [3.8, 4) is 5.82 Å². The molecule has 3 rings (SSSR count). The van der Waals surface area contributed by atoms with Crippen LogP contribution in [-0.2, 0) is 6.18 Å². The molecule has 0 unspecified atom stereocenters. The summed E-state index contributed by atoms with van der Waals surface area (Å²) < 4.78 is 38.7. The third kappa shape index (κ3) is 2.18. The van der Waals surface area contributed by atoms with E-state index in [1.807, 2.05) is 0 Å². The number of nitrogens with zero attached hydrogens (tertiary/aromatic N) is 3. The molecule has 0 aliphatic rings. The van der Waals surface area contributed by atoms with E-state index in [0.717, 1.165) is 22.5 Å². The highest BCUT2D eigenvalue weighted by Crippen LogP contribution is 2.29. The van der Waals surface area contributed by atoms with Gasteiger partial charge in [0, 0.05) is 17.3 Å². The average Bonchev–Trinajstić information content (AvgIpc) is 2.87. The van der Waals surface area contributed by atoms with E-state index < -0.39 is 11.7 Å². The molecule has 20 heavy (non-hydrogen) atoms. The smallest absolute Gasteiger partial charge is 0.399 e. The van der Waals surface area contributed by atoms with Gasteiger partial charge in [-0.3, -0.25) is 0 Å². The molecule has 3 aromatic rings. The van der Waals surface area contributed by atoms with Crippen molar-refractivity contribution in [3.63, 3.8) is 0 Å². The highest BCUT2D eigenvalue weighted by atomic mass is 19.4. The Bertz CT molecular complexity index is 777. The van der Waals surface area contributed by atoms with E-state index in [9.17, 15) is 13.2 Å². The third-order valence-corrected chi connectivity index (χ3v) is 2.84. The minimum atomic E-state index is -4.41. The largest absolute Gasteiger partial charge is 0.419 e. The fraction of sp³-hybridized carbons (Fsp3) is 0.0769. The van der Waals surface area contributed by atoms with Crippen molar-refractivity contribution in [1.29, 1.82) is 0 Å². The van der Waals surface area contributed by atoms with Crippen molar-refractivity contribution in [2.75, 3.05) is 5.73 Å². The van der Waals surface area contributed by atoms with E-state index in [0.29, 0.717) is 17.0 Å². The van der Waals surface area contributed by atoms with Gasteiger partial charge < -0.3 is 5.73 Å². The van der Waals surface area contributed by atoms with Gasteiger partial charge in [-0.2, -0.15) is 18.3 Å². The number of aromatic nitrogens is 3. The lowest BCUT2D eigenvalue weighted by Crippen LogP contribution is -2.03. The van der Waals surface area contributed by atoms with Gasteiger partial charge in [0.05, 0.1) is 17.3 Å². The van der Waals surface area contributed by atoms with Crippen molar-refractivity contribution in [3.05, 3.63) is 48.3 Å². The van der Waals surface area contributed by atoms with Gasteiger partial charge in [-0.15, -0.1) is 0 Å². The normalized spacial score (nSPS) is 11.9. The molecule has 0 saturated heterocycles. The predicted molar refractivity (Wildman–Crippen MR) is 68.3 cm³/mol. The first-order valence-electron chi connectivity index (χ1n) is 5.72. The minimum Gasteiger partial charge on any atom is -0.399 e. The minimum absolute atomic E-state index is 0.317. The van der Waals surface area contributed by atoms with Gasteiger partial charge in [0.25, 0.3) is 0 Å². The molecule has 0 bridgehead atoms. The molecule has 0 aliphatic carbocycles. The summed E-state index contributed by atoms with van der Waals surface area (Å²) in [5.74, 6) is 0.317. The van der Waals surface area contributed by atoms with Crippen LogP contribution in [-0.4, -0.2) is 14.8 Å². The van der Waals surface area contributed by atoms with E-state index in [1.54, 1.807) is 30.3 Å². The molecule has 0 radical (unpaired) electrons. The molecule has 0 amide bonds. The molecule has 2 heterocycles. The number of benzene rings is 1. The van der Waals surface area contributed by atoms with Gasteiger partial charge in [-0.25, -0.2) is 9.67 Å². The van der Waals surface area contributed by atoms with Crippen molar-refractivity contribution in [2.45, 2.75) is 6.18 Å². The van der Waals surface area contributed by atoms with Crippen molar-refractivity contribution < 1.29 is 13.2 Å². The summed E-state index contributed by atoms with van der Waals surface area (Å²) in [7, 11) is 0. The van der Waals surface area contributed by atoms with E-state index in [-0.39, 0.29) is 0 Å². The van der Waals surface area contributed by atoms with Crippen LogP contribution in [0.1, 0.15) is 5.56 Å². The van der Waals surface area contributed by atoms with Gasteiger partial charge in [0.15, 0.2) is 5.82 Å². The van der Waals surface area contributed by atoms with E-state index in [2.05, 4.69) is 10.1 Å². The Labute approximate surface area is 111 Å². The number of halogens is 3. The standard InChI is InChI=1S/C13H9F3N4/c14-13(15,16)9-6-18-20(7-9)12-4-1-8-5-10(17)2-3-11(8)19-12/h1-7H,17H2. The molecular weight excluding hydrogens is 269 g/mol. The number of hydrogen-bond acceptors (Lipinski definition) is 3. The maximum atomic E-state index is 12.5. The molecular formula is C13H9F3N4. The molecule has 0 spiro atoms. The molecule has 0 atom stereocenters. The summed E-state index contributed by atoms with van der Waals surface area (Å²) in [5, 5.41) is 4.50. The van der Waals surface area contributed by atoms with Crippen LogP contribution in [0.3, 0.4) is 0 Å². The average molecular weight is 278 g/mol. The van der Waals surface area contributed by atoms with Gasteiger partial charge >= 0.3 is 6.18 Å². The summed E-state index contributed by atoms with van der Waals surface area (Å²) in [6, 6.07) is 8.47. The monoisotopic (exact) mass is 278 g/mol. The number of anilines is 1. The van der Waals surface area contributed by atoms with Crippen LogP contribution in [0.2, 0.25) is 0 Å². The number of pyridine rings is 1. The van der Waals surface area contributed by atoms with Gasteiger partial charge in [-0.05, 0) is 30.3 Å². The summed E-state index contributed by atoms with van der Waals surface area (Å²) in [5.41, 5.74) is 6.09. The Morgan fingerprint density at radius 2 is 1.90 bits per heavy atom. The zero-order chi connectivity index (χ0) is 14.3.